The van der Waals surface area contributed by atoms with Crippen LogP contribution in [0.25, 0.3) is 0 Å². The molecule has 2 heterocycles. The monoisotopic (exact) mass is 251 g/mol. The molecule has 3 nitrogen and oxygen atoms in total. The molecular formula is C15H29N3+2. The molecule has 1 aromatic rings. The van der Waals surface area contributed by atoms with Crippen LogP contribution in [0.1, 0.15) is 38.5 Å². The Balaban J connectivity index is 1.51. The first kappa shape index (κ1) is 13.6. The molecule has 2 rings (SSSR count). The Morgan fingerprint density at radius 1 is 1.11 bits per heavy atom. The van der Waals surface area contributed by atoms with Gasteiger partial charge in [0.25, 0.3) is 0 Å². The second-order valence-corrected chi connectivity index (χ2v) is 6.23. The average molecular weight is 251 g/mol. The number of aromatic nitrogens is 2. The fraction of sp³-hybridized carbons (Fsp3) is 0.800. The highest BCUT2D eigenvalue weighted by atomic mass is 15.3. The Hall–Kier alpha value is -0.830. The van der Waals surface area contributed by atoms with E-state index < -0.39 is 0 Å². The Morgan fingerprint density at radius 3 is 2.50 bits per heavy atom. The first-order valence-corrected chi connectivity index (χ1v) is 7.53. The van der Waals surface area contributed by atoms with Crippen molar-refractivity contribution in [1.82, 2.24) is 4.57 Å². The summed E-state index contributed by atoms with van der Waals surface area (Å²) in [7, 11) is 4.52. The van der Waals surface area contributed by atoms with E-state index in [0.29, 0.717) is 0 Å². The van der Waals surface area contributed by atoms with Gasteiger partial charge in [-0.25, -0.2) is 9.13 Å². The van der Waals surface area contributed by atoms with Gasteiger partial charge in [-0.3, -0.25) is 0 Å². The highest BCUT2D eigenvalue weighted by Crippen LogP contribution is 2.17. The van der Waals surface area contributed by atoms with E-state index in [0.717, 1.165) is 0 Å². The van der Waals surface area contributed by atoms with Gasteiger partial charge in [0, 0.05) is 12.8 Å². The van der Waals surface area contributed by atoms with Crippen LogP contribution in [0.2, 0.25) is 0 Å². The Labute approximate surface area is 112 Å². The van der Waals surface area contributed by atoms with Gasteiger partial charge in [0.05, 0.1) is 40.3 Å². The van der Waals surface area contributed by atoms with Gasteiger partial charge >= 0.3 is 0 Å². The summed E-state index contributed by atoms with van der Waals surface area (Å²) in [6, 6.07) is 0. The van der Waals surface area contributed by atoms with Crippen LogP contribution < -0.4 is 4.57 Å². The van der Waals surface area contributed by atoms with Crippen molar-refractivity contribution >= 4 is 0 Å². The molecule has 0 spiro atoms. The SMILES string of the molecule is Cn1cc[n+](CCCCCC[N+]2(C)CCCC2)c1. The molecule has 0 N–H and O–H groups in total. The summed E-state index contributed by atoms with van der Waals surface area (Å²) in [5.74, 6) is 0. The molecule has 0 saturated carbocycles. The molecule has 3 heteroatoms. The molecule has 1 aliphatic heterocycles. The van der Waals surface area contributed by atoms with Crippen molar-refractivity contribution in [3.8, 4) is 0 Å². The maximum atomic E-state index is 2.44. The Morgan fingerprint density at radius 2 is 1.83 bits per heavy atom. The van der Waals surface area contributed by atoms with E-state index in [4.69, 9.17) is 0 Å². The van der Waals surface area contributed by atoms with Gasteiger partial charge in [0.15, 0.2) is 0 Å². The van der Waals surface area contributed by atoms with Crippen LogP contribution in [0.4, 0.5) is 0 Å². The highest BCUT2D eigenvalue weighted by Gasteiger charge is 2.25. The number of hydrogen-bond acceptors (Lipinski definition) is 0. The molecule has 0 aliphatic carbocycles. The quantitative estimate of drug-likeness (QED) is 0.399. The number of hydrogen-bond donors (Lipinski definition) is 0. The molecule has 1 saturated heterocycles. The third-order valence-corrected chi connectivity index (χ3v) is 4.33. The fourth-order valence-corrected chi connectivity index (χ4v) is 3.10. The van der Waals surface area contributed by atoms with Gasteiger partial charge in [0.1, 0.15) is 12.4 Å². The van der Waals surface area contributed by atoms with E-state index in [1.165, 1.54) is 69.2 Å². The smallest absolute Gasteiger partial charge is 0.243 e. The molecule has 1 fully saturated rings. The standard InChI is InChI=1S/C15H29N3/c1-16-10-11-17(15-16)9-5-3-4-6-12-18(2)13-7-8-14-18/h10-11,15H,3-9,12-14H2,1-2H3/q+2. The third kappa shape index (κ3) is 4.13. The zero-order valence-electron chi connectivity index (χ0n) is 12.1. The van der Waals surface area contributed by atoms with Crippen molar-refractivity contribution in [2.24, 2.45) is 7.05 Å². The molecule has 0 bridgehead atoms. The lowest BCUT2D eigenvalue weighted by atomic mass is 10.2. The van der Waals surface area contributed by atoms with Crippen molar-refractivity contribution in [3.63, 3.8) is 0 Å². The van der Waals surface area contributed by atoms with E-state index in [1.54, 1.807) is 0 Å². The largest absolute Gasteiger partial charge is 0.326 e. The average Bonchev–Trinajstić information content (AvgIpc) is 2.93. The molecule has 0 amide bonds. The zero-order chi connectivity index (χ0) is 12.8. The summed E-state index contributed by atoms with van der Waals surface area (Å²) in [6.07, 6.45) is 14.8. The van der Waals surface area contributed by atoms with Crippen molar-refractivity contribution < 1.29 is 9.05 Å². The first-order chi connectivity index (χ1) is 8.68. The van der Waals surface area contributed by atoms with E-state index in [9.17, 15) is 0 Å². The minimum absolute atomic E-state index is 1.17. The van der Waals surface area contributed by atoms with Gasteiger partial charge in [-0.1, -0.05) is 0 Å². The van der Waals surface area contributed by atoms with Crippen molar-refractivity contribution in [2.45, 2.75) is 45.1 Å². The molecule has 18 heavy (non-hydrogen) atoms. The minimum atomic E-state index is 1.17. The summed E-state index contributed by atoms with van der Waals surface area (Å²) in [5, 5.41) is 0. The second-order valence-electron chi connectivity index (χ2n) is 6.23. The summed E-state index contributed by atoms with van der Waals surface area (Å²) in [6.45, 7) is 5.41. The molecule has 0 atom stereocenters. The lowest BCUT2D eigenvalue weighted by Crippen LogP contribution is -2.41. The molecule has 0 aromatic carbocycles. The van der Waals surface area contributed by atoms with Gasteiger partial charge in [-0.05, 0) is 25.7 Å². The molecular weight excluding hydrogens is 222 g/mol. The van der Waals surface area contributed by atoms with Gasteiger partial charge < -0.3 is 4.48 Å². The summed E-state index contributed by atoms with van der Waals surface area (Å²) >= 11 is 0. The maximum absolute atomic E-state index is 2.44. The normalized spacial score (nSPS) is 18.3. The summed E-state index contributed by atoms with van der Waals surface area (Å²) in [4.78, 5) is 0. The van der Waals surface area contributed by atoms with Crippen LogP contribution in [0, 0.1) is 0 Å². The van der Waals surface area contributed by atoms with Crippen LogP contribution in [0.3, 0.4) is 0 Å². The summed E-state index contributed by atoms with van der Waals surface area (Å²) in [5.41, 5.74) is 0. The lowest BCUT2D eigenvalue weighted by Gasteiger charge is -2.29. The highest BCUT2D eigenvalue weighted by molar-refractivity contribution is 4.62. The first-order valence-electron chi connectivity index (χ1n) is 7.53. The molecule has 0 unspecified atom stereocenters. The van der Waals surface area contributed by atoms with Crippen LogP contribution >= 0.6 is 0 Å². The molecule has 0 radical (unpaired) electrons. The Kier molecular flexibility index (Phi) is 4.81. The van der Waals surface area contributed by atoms with E-state index in [-0.39, 0.29) is 0 Å². The molecule has 1 aromatic heterocycles. The van der Waals surface area contributed by atoms with Crippen LogP contribution in [-0.4, -0.2) is 35.7 Å². The summed E-state index contributed by atoms with van der Waals surface area (Å²) < 4.78 is 5.74. The fourth-order valence-electron chi connectivity index (χ4n) is 3.10. The number of likely N-dealkylation sites (tertiary alicyclic amines) is 1. The maximum Gasteiger partial charge on any atom is 0.243 e. The topological polar surface area (TPSA) is 8.81 Å². The lowest BCUT2D eigenvalue weighted by molar-refractivity contribution is -0.897. The predicted molar refractivity (Wildman–Crippen MR) is 74.1 cm³/mol. The minimum Gasteiger partial charge on any atom is -0.326 e. The Bertz CT molecular complexity index is 350. The van der Waals surface area contributed by atoms with E-state index >= 15 is 0 Å². The number of nitrogens with zero attached hydrogens (tertiary/aromatic N) is 3. The number of aryl methyl sites for hydroxylation is 2. The molecule has 1 aliphatic rings. The predicted octanol–water partition coefficient (Wildman–Crippen LogP) is 2.11. The zero-order valence-corrected chi connectivity index (χ0v) is 12.1. The van der Waals surface area contributed by atoms with Gasteiger partial charge in [-0.2, -0.15) is 0 Å². The van der Waals surface area contributed by atoms with E-state index in [1.807, 2.05) is 0 Å². The van der Waals surface area contributed by atoms with Crippen molar-refractivity contribution in [3.05, 3.63) is 18.7 Å². The number of imidazole rings is 1. The van der Waals surface area contributed by atoms with Crippen LogP contribution in [0.5, 0.6) is 0 Å². The van der Waals surface area contributed by atoms with E-state index in [2.05, 4.69) is 42.0 Å². The number of quaternary nitrogens is 1. The molecule has 102 valence electrons. The van der Waals surface area contributed by atoms with Crippen molar-refractivity contribution in [1.29, 1.82) is 0 Å². The second kappa shape index (κ2) is 6.37. The van der Waals surface area contributed by atoms with Gasteiger partial charge in [0.2, 0.25) is 6.33 Å². The van der Waals surface area contributed by atoms with Gasteiger partial charge in [-0.15, -0.1) is 0 Å². The number of rotatable bonds is 7. The third-order valence-electron chi connectivity index (χ3n) is 4.33. The van der Waals surface area contributed by atoms with Crippen molar-refractivity contribution in [2.75, 3.05) is 26.7 Å². The van der Waals surface area contributed by atoms with Crippen LogP contribution in [-0.2, 0) is 13.6 Å². The van der Waals surface area contributed by atoms with Crippen LogP contribution in [0.15, 0.2) is 18.7 Å². The number of unbranched alkanes of at least 4 members (excludes halogenated alkanes) is 3.